The van der Waals surface area contributed by atoms with Crippen molar-refractivity contribution in [3.8, 4) is 0 Å². The fraction of sp³-hybridized carbons (Fsp3) is 0.565. The number of rotatable bonds is 9. The molecule has 164 valence electrons. The first-order valence-corrected chi connectivity index (χ1v) is 10.5. The van der Waals surface area contributed by atoms with E-state index in [1.807, 2.05) is 37.3 Å². The molecule has 1 heterocycles. The van der Waals surface area contributed by atoms with Crippen LogP contribution in [0.15, 0.2) is 30.3 Å². The molecule has 0 aromatic heterocycles. The summed E-state index contributed by atoms with van der Waals surface area (Å²) in [4.78, 5) is 51.9. The normalized spacial score (nSPS) is 17.3. The van der Waals surface area contributed by atoms with E-state index < -0.39 is 41.2 Å². The summed E-state index contributed by atoms with van der Waals surface area (Å²) in [5.74, 6) is -2.50. The van der Waals surface area contributed by atoms with Gasteiger partial charge in [-0.2, -0.15) is 0 Å². The number of Topliss-reactive ketones (excluding diaryl/α,β-unsaturated/α-hetero) is 1. The smallest absolute Gasteiger partial charge is 0.347 e. The van der Waals surface area contributed by atoms with Crippen LogP contribution >= 0.6 is 0 Å². The Morgan fingerprint density at radius 3 is 2.40 bits per heavy atom. The predicted octanol–water partition coefficient (Wildman–Crippen LogP) is 2.70. The molecular formula is C23H31NO6. The van der Waals surface area contributed by atoms with E-state index in [9.17, 15) is 19.2 Å². The third-order valence-electron chi connectivity index (χ3n) is 5.55. The van der Waals surface area contributed by atoms with Crippen LogP contribution in [0.4, 0.5) is 0 Å². The minimum absolute atomic E-state index is 0.163. The molecule has 2 atom stereocenters. The highest BCUT2D eigenvalue weighted by molar-refractivity contribution is 6.38. The van der Waals surface area contributed by atoms with Crippen molar-refractivity contribution < 1.29 is 28.7 Å². The molecule has 1 amide bonds. The molecule has 1 aliphatic heterocycles. The summed E-state index contributed by atoms with van der Waals surface area (Å²) in [6, 6.07) is 8.30. The first kappa shape index (κ1) is 23.6. The van der Waals surface area contributed by atoms with E-state index in [2.05, 4.69) is 0 Å². The standard InChI is InChI=1S/C23H31NO6/c1-5-23(3,4)19(25)20(26)24-14-10-13-17(24)21(27)30-18(22(28)29-6-2)15-16-11-8-7-9-12-16/h7-9,11-12,17-18H,5-6,10,13-15H2,1-4H3/t17-,18?/m0/s1. The van der Waals surface area contributed by atoms with Gasteiger partial charge in [-0.15, -0.1) is 0 Å². The maximum absolute atomic E-state index is 12.9. The highest BCUT2D eigenvalue weighted by Crippen LogP contribution is 2.26. The molecule has 1 unspecified atom stereocenters. The Labute approximate surface area is 177 Å². The molecule has 0 N–H and O–H groups in total. The largest absolute Gasteiger partial charge is 0.463 e. The van der Waals surface area contributed by atoms with Crippen molar-refractivity contribution in [1.82, 2.24) is 4.90 Å². The lowest BCUT2D eigenvalue weighted by Crippen LogP contribution is -2.49. The monoisotopic (exact) mass is 417 g/mol. The number of hydrogen-bond donors (Lipinski definition) is 0. The molecule has 1 saturated heterocycles. The van der Waals surface area contributed by atoms with E-state index in [1.165, 1.54) is 4.90 Å². The first-order chi connectivity index (χ1) is 14.2. The molecule has 0 spiro atoms. The summed E-state index contributed by atoms with van der Waals surface area (Å²) in [6.07, 6.45) is 0.565. The second-order valence-corrected chi connectivity index (χ2v) is 8.09. The van der Waals surface area contributed by atoms with Crippen LogP contribution in [0.2, 0.25) is 0 Å². The number of nitrogens with zero attached hydrogens (tertiary/aromatic N) is 1. The lowest BCUT2D eigenvalue weighted by Gasteiger charge is -2.28. The van der Waals surface area contributed by atoms with Gasteiger partial charge in [-0.05, 0) is 31.7 Å². The Morgan fingerprint density at radius 1 is 1.13 bits per heavy atom. The molecule has 0 bridgehead atoms. The highest BCUT2D eigenvalue weighted by atomic mass is 16.6. The van der Waals surface area contributed by atoms with E-state index in [1.54, 1.807) is 20.8 Å². The number of likely N-dealkylation sites (tertiary alicyclic amines) is 1. The third-order valence-corrected chi connectivity index (χ3v) is 5.55. The van der Waals surface area contributed by atoms with Gasteiger partial charge >= 0.3 is 11.9 Å². The molecule has 1 aromatic rings. The summed E-state index contributed by atoms with van der Waals surface area (Å²) in [7, 11) is 0. The van der Waals surface area contributed by atoms with E-state index >= 15 is 0 Å². The van der Waals surface area contributed by atoms with Crippen LogP contribution in [-0.2, 0) is 35.1 Å². The number of esters is 2. The fourth-order valence-electron chi connectivity index (χ4n) is 3.29. The van der Waals surface area contributed by atoms with Gasteiger partial charge in [0.2, 0.25) is 11.9 Å². The van der Waals surface area contributed by atoms with Crippen LogP contribution in [0.5, 0.6) is 0 Å². The van der Waals surface area contributed by atoms with Gasteiger partial charge < -0.3 is 14.4 Å². The third kappa shape index (κ3) is 5.68. The van der Waals surface area contributed by atoms with Crippen molar-refractivity contribution in [2.24, 2.45) is 5.41 Å². The van der Waals surface area contributed by atoms with E-state index in [4.69, 9.17) is 9.47 Å². The molecular weight excluding hydrogens is 386 g/mol. The Hall–Kier alpha value is -2.70. The SMILES string of the molecule is CCOC(=O)C(Cc1ccccc1)OC(=O)[C@@H]1CCCN1C(=O)C(=O)C(C)(C)CC. The second-order valence-electron chi connectivity index (χ2n) is 8.09. The number of amides is 1. The average molecular weight is 418 g/mol. The number of ketones is 1. The maximum Gasteiger partial charge on any atom is 0.347 e. The zero-order valence-electron chi connectivity index (χ0n) is 18.2. The van der Waals surface area contributed by atoms with Crippen LogP contribution in [0.25, 0.3) is 0 Å². The van der Waals surface area contributed by atoms with Crippen LogP contribution < -0.4 is 0 Å². The van der Waals surface area contributed by atoms with Crippen molar-refractivity contribution in [3.05, 3.63) is 35.9 Å². The van der Waals surface area contributed by atoms with Gasteiger partial charge in [0.05, 0.1) is 6.61 Å². The van der Waals surface area contributed by atoms with E-state index in [-0.39, 0.29) is 13.0 Å². The lowest BCUT2D eigenvalue weighted by atomic mass is 9.84. The summed E-state index contributed by atoms with van der Waals surface area (Å²) in [5.41, 5.74) is 0.0251. The highest BCUT2D eigenvalue weighted by Gasteiger charge is 2.42. The van der Waals surface area contributed by atoms with Crippen molar-refractivity contribution in [3.63, 3.8) is 0 Å². The number of carbonyl (C=O) groups is 4. The molecule has 2 rings (SSSR count). The Morgan fingerprint density at radius 2 is 1.80 bits per heavy atom. The van der Waals surface area contributed by atoms with Crippen molar-refractivity contribution in [1.29, 1.82) is 0 Å². The van der Waals surface area contributed by atoms with Crippen LogP contribution in [0.1, 0.15) is 52.5 Å². The molecule has 1 aromatic carbocycles. The number of hydrogen-bond acceptors (Lipinski definition) is 6. The van der Waals surface area contributed by atoms with Gasteiger partial charge in [0.1, 0.15) is 6.04 Å². The molecule has 30 heavy (non-hydrogen) atoms. The van der Waals surface area contributed by atoms with Gasteiger partial charge in [0.15, 0.2) is 0 Å². The maximum atomic E-state index is 12.9. The fourth-order valence-corrected chi connectivity index (χ4v) is 3.29. The van der Waals surface area contributed by atoms with Gasteiger partial charge in [0.25, 0.3) is 5.91 Å². The quantitative estimate of drug-likeness (QED) is 0.453. The lowest BCUT2D eigenvalue weighted by molar-refractivity contribution is -0.171. The number of carbonyl (C=O) groups excluding carboxylic acids is 4. The van der Waals surface area contributed by atoms with Crippen molar-refractivity contribution in [2.45, 2.75) is 65.5 Å². The van der Waals surface area contributed by atoms with Crippen molar-refractivity contribution in [2.75, 3.05) is 13.2 Å². The molecule has 1 fully saturated rings. The molecule has 7 heteroatoms. The zero-order valence-corrected chi connectivity index (χ0v) is 18.2. The summed E-state index contributed by atoms with van der Waals surface area (Å²) in [6.45, 7) is 7.43. The summed E-state index contributed by atoms with van der Waals surface area (Å²) in [5, 5.41) is 0. The van der Waals surface area contributed by atoms with E-state index in [0.29, 0.717) is 25.8 Å². The zero-order chi connectivity index (χ0) is 22.3. The number of ether oxygens (including phenoxy) is 2. The molecule has 0 saturated carbocycles. The van der Waals surface area contributed by atoms with Gasteiger partial charge in [-0.25, -0.2) is 9.59 Å². The van der Waals surface area contributed by atoms with Crippen LogP contribution in [-0.4, -0.2) is 53.8 Å². The minimum atomic E-state index is -1.11. The Balaban J connectivity index is 2.14. The molecule has 7 nitrogen and oxygen atoms in total. The Kier molecular flexibility index (Phi) is 8.15. The second kappa shape index (κ2) is 10.4. The first-order valence-electron chi connectivity index (χ1n) is 10.5. The van der Waals surface area contributed by atoms with Crippen LogP contribution in [0.3, 0.4) is 0 Å². The van der Waals surface area contributed by atoms with Gasteiger partial charge in [-0.1, -0.05) is 51.1 Å². The molecule has 1 aliphatic rings. The summed E-state index contributed by atoms with van der Waals surface area (Å²) >= 11 is 0. The average Bonchev–Trinajstić information content (AvgIpc) is 3.23. The molecule has 0 radical (unpaired) electrons. The topological polar surface area (TPSA) is 90.0 Å². The summed E-state index contributed by atoms with van der Waals surface area (Å²) < 4.78 is 10.6. The minimum Gasteiger partial charge on any atom is -0.463 e. The van der Waals surface area contributed by atoms with Crippen molar-refractivity contribution >= 4 is 23.6 Å². The molecule has 0 aliphatic carbocycles. The number of benzene rings is 1. The predicted molar refractivity (Wildman–Crippen MR) is 110 cm³/mol. The van der Waals surface area contributed by atoms with Gasteiger partial charge in [-0.3, -0.25) is 9.59 Å². The Bertz CT molecular complexity index is 773. The van der Waals surface area contributed by atoms with Gasteiger partial charge in [0, 0.05) is 18.4 Å². The van der Waals surface area contributed by atoms with Crippen LogP contribution in [0, 0.1) is 5.41 Å². The van der Waals surface area contributed by atoms with E-state index in [0.717, 1.165) is 5.56 Å².